The van der Waals surface area contributed by atoms with Gasteiger partial charge in [-0.2, -0.15) is 23.0 Å². The van der Waals surface area contributed by atoms with E-state index in [1.807, 2.05) is 0 Å². The van der Waals surface area contributed by atoms with Crippen LogP contribution in [0.1, 0.15) is 10.7 Å². The van der Waals surface area contributed by atoms with Crippen molar-refractivity contribution in [3.8, 4) is 0 Å². The number of aryl methyl sites for hydroxylation is 1. The van der Waals surface area contributed by atoms with Gasteiger partial charge in [-0.15, -0.1) is 24.5 Å². The number of nitrogens with zero attached hydrogens (tertiary/aromatic N) is 3. The molecule has 2 rings (SSSR count). The van der Waals surface area contributed by atoms with E-state index >= 15 is 0 Å². The highest BCUT2D eigenvalue weighted by atomic mass is 32.1. The van der Waals surface area contributed by atoms with Gasteiger partial charge >= 0.3 is 12.5 Å². The Morgan fingerprint density at radius 3 is 1.95 bits per heavy atom. The Kier molecular flexibility index (Phi) is 4.56. The monoisotopic (exact) mass is 303 g/mol. The summed E-state index contributed by atoms with van der Waals surface area (Å²) >= 11 is 0.594. The fourth-order valence-electron chi connectivity index (χ4n) is 0.998. The van der Waals surface area contributed by atoms with Gasteiger partial charge in [-0.3, -0.25) is 0 Å². The number of alkyl halides is 6. The van der Waals surface area contributed by atoms with E-state index in [0.29, 0.717) is 11.3 Å². The first-order chi connectivity index (χ1) is 8.62. The molecule has 2 heterocycles. The molecule has 0 spiro atoms. The second kappa shape index (κ2) is 5.59. The lowest BCUT2D eigenvalue weighted by Gasteiger charge is -2.06. The standard InChI is InChI=1S/C5H5F3N2.C4H2F3NS/c1-4-2-3-9-10(4)5(6,7)8;5-4(6,7)3-8-1-2-9-3/h2-3H,1H3;1-2H. The number of aromatic nitrogens is 3. The Balaban J connectivity index is 0.000000191. The molecule has 0 saturated carbocycles. The van der Waals surface area contributed by atoms with Gasteiger partial charge in [0.15, 0.2) is 5.01 Å². The molecule has 0 fully saturated rings. The van der Waals surface area contributed by atoms with Crippen LogP contribution >= 0.6 is 11.3 Å². The van der Waals surface area contributed by atoms with E-state index in [-0.39, 0.29) is 10.4 Å². The van der Waals surface area contributed by atoms with Gasteiger partial charge < -0.3 is 0 Å². The minimum Gasteiger partial charge on any atom is -0.241 e. The Labute approximate surface area is 107 Å². The first-order valence-corrected chi connectivity index (χ1v) is 5.55. The molecule has 10 heteroatoms. The number of thiazole rings is 1. The highest BCUT2D eigenvalue weighted by Gasteiger charge is 2.33. The summed E-state index contributed by atoms with van der Waals surface area (Å²) in [5.41, 5.74) is 0.0903. The summed E-state index contributed by atoms with van der Waals surface area (Å²) in [7, 11) is 0. The van der Waals surface area contributed by atoms with E-state index in [2.05, 4.69) is 10.1 Å². The average Bonchev–Trinajstić information content (AvgIpc) is 2.84. The lowest BCUT2D eigenvalue weighted by molar-refractivity contribution is -0.213. The van der Waals surface area contributed by atoms with Gasteiger partial charge in [0.1, 0.15) is 0 Å². The van der Waals surface area contributed by atoms with Crippen molar-refractivity contribution in [2.75, 3.05) is 0 Å². The van der Waals surface area contributed by atoms with Crippen LogP contribution in [0.25, 0.3) is 0 Å². The van der Waals surface area contributed by atoms with Gasteiger partial charge in [-0.1, -0.05) is 0 Å². The number of rotatable bonds is 0. The highest BCUT2D eigenvalue weighted by Crippen LogP contribution is 2.30. The van der Waals surface area contributed by atoms with E-state index < -0.39 is 17.5 Å². The van der Waals surface area contributed by atoms with Crippen molar-refractivity contribution in [2.24, 2.45) is 0 Å². The van der Waals surface area contributed by atoms with Crippen LogP contribution in [0.15, 0.2) is 23.8 Å². The number of hydrogen-bond donors (Lipinski definition) is 0. The lowest BCUT2D eigenvalue weighted by Crippen LogP contribution is -2.19. The molecule has 0 saturated heterocycles. The fraction of sp³-hybridized carbons (Fsp3) is 0.333. The lowest BCUT2D eigenvalue weighted by atomic mass is 10.5. The summed E-state index contributed by atoms with van der Waals surface area (Å²) < 4.78 is 70.1. The third-order valence-corrected chi connectivity index (χ3v) is 2.56. The molecule has 0 aliphatic carbocycles. The summed E-state index contributed by atoms with van der Waals surface area (Å²) in [6, 6.07) is 1.30. The average molecular weight is 303 g/mol. The molecule has 0 aliphatic rings. The molecule has 3 nitrogen and oxygen atoms in total. The van der Waals surface area contributed by atoms with Crippen LogP contribution in [0.5, 0.6) is 0 Å². The zero-order chi connectivity index (χ0) is 14.7. The number of halogens is 6. The molecule has 0 aliphatic heterocycles. The maximum Gasteiger partial charge on any atom is 0.504 e. The predicted molar refractivity (Wildman–Crippen MR) is 55.4 cm³/mol. The van der Waals surface area contributed by atoms with Gasteiger partial charge in [0, 0.05) is 23.5 Å². The van der Waals surface area contributed by atoms with Crippen molar-refractivity contribution >= 4 is 11.3 Å². The van der Waals surface area contributed by atoms with Crippen molar-refractivity contribution in [3.05, 3.63) is 34.5 Å². The Morgan fingerprint density at radius 2 is 1.74 bits per heavy atom. The third-order valence-electron chi connectivity index (χ3n) is 1.75. The maximum absolute atomic E-state index is 11.8. The molecule has 0 unspecified atom stereocenters. The molecule has 0 aromatic carbocycles. The second-order valence-corrected chi connectivity index (χ2v) is 4.08. The van der Waals surface area contributed by atoms with Crippen LogP contribution in [0.3, 0.4) is 0 Å². The zero-order valence-corrected chi connectivity index (χ0v) is 10.1. The molecule has 106 valence electrons. The number of hydrogen-bond acceptors (Lipinski definition) is 3. The molecule has 19 heavy (non-hydrogen) atoms. The third kappa shape index (κ3) is 4.54. The molecular weight excluding hydrogens is 296 g/mol. The SMILES string of the molecule is Cc1ccnn1C(F)(F)F.FC(F)(F)c1nccs1. The molecule has 2 aromatic heterocycles. The smallest absolute Gasteiger partial charge is 0.241 e. The molecule has 0 N–H and O–H groups in total. The normalized spacial score (nSPS) is 11.9. The van der Waals surface area contributed by atoms with E-state index in [9.17, 15) is 26.3 Å². The van der Waals surface area contributed by atoms with Crippen molar-refractivity contribution in [1.29, 1.82) is 0 Å². The fourth-order valence-corrected chi connectivity index (χ4v) is 1.50. The van der Waals surface area contributed by atoms with Crippen molar-refractivity contribution in [1.82, 2.24) is 14.8 Å². The van der Waals surface area contributed by atoms with E-state index in [1.165, 1.54) is 18.4 Å². The van der Waals surface area contributed by atoms with Crippen LogP contribution < -0.4 is 0 Å². The Morgan fingerprint density at radius 1 is 1.11 bits per heavy atom. The van der Waals surface area contributed by atoms with E-state index in [4.69, 9.17) is 0 Å². The summed E-state index contributed by atoms with van der Waals surface area (Å²) in [5, 5.41) is 3.58. The minimum absolute atomic E-state index is 0.0208. The van der Waals surface area contributed by atoms with Gasteiger partial charge in [0.2, 0.25) is 0 Å². The van der Waals surface area contributed by atoms with Crippen molar-refractivity contribution in [3.63, 3.8) is 0 Å². The van der Waals surface area contributed by atoms with Crippen LogP contribution in [-0.4, -0.2) is 14.8 Å². The summed E-state index contributed by atoms with van der Waals surface area (Å²) in [4.78, 5) is 3.08. The second-order valence-electron chi connectivity index (χ2n) is 3.19. The van der Waals surface area contributed by atoms with Crippen LogP contribution in [-0.2, 0) is 12.5 Å². The summed E-state index contributed by atoms with van der Waals surface area (Å²) in [6.45, 7) is 1.35. The Hall–Kier alpha value is -1.58. The molecular formula is C9H7F6N3S. The van der Waals surface area contributed by atoms with Crippen LogP contribution in [0, 0.1) is 6.92 Å². The zero-order valence-electron chi connectivity index (χ0n) is 9.33. The molecule has 0 atom stereocenters. The molecule has 0 radical (unpaired) electrons. The maximum atomic E-state index is 11.8. The summed E-state index contributed by atoms with van der Waals surface area (Å²) in [6.07, 6.45) is -6.40. The van der Waals surface area contributed by atoms with Gasteiger partial charge in [0.05, 0.1) is 0 Å². The molecule has 2 aromatic rings. The first kappa shape index (κ1) is 15.5. The van der Waals surface area contributed by atoms with Gasteiger partial charge in [0.25, 0.3) is 0 Å². The summed E-state index contributed by atoms with van der Waals surface area (Å²) in [5.74, 6) is 0. The van der Waals surface area contributed by atoms with Gasteiger partial charge in [-0.25, -0.2) is 4.98 Å². The highest BCUT2D eigenvalue weighted by molar-refractivity contribution is 7.09. The molecule has 0 bridgehead atoms. The van der Waals surface area contributed by atoms with Gasteiger partial charge in [-0.05, 0) is 13.0 Å². The first-order valence-electron chi connectivity index (χ1n) is 4.67. The van der Waals surface area contributed by atoms with Crippen molar-refractivity contribution in [2.45, 2.75) is 19.4 Å². The minimum atomic E-state index is -4.38. The topological polar surface area (TPSA) is 30.7 Å². The van der Waals surface area contributed by atoms with Crippen LogP contribution in [0.2, 0.25) is 0 Å². The van der Waals surface area contributed by atoms with E-state index in [1.54, 1.807) is 0 Å². The largest absolute Gasteiger partial charge is 0.504 e. The quantitative estimate of drug-likeness (QED) is 0.693. The van der Waals surface area contributed by atoms with Crippen LogP contribution in [0.4, 0.5) is 26.3 Å². The van der Waals surface area contributed by atoms with Crippen molar-refractivity contribution < 1.29 is 26.3 Å². The Bertz CT molecular complexity index is 499. The van der Waals surface area contributed by atoms with E-state index in [0.717, 1.165) is 12.4 Å². The molecule has 0 amide bonds. The predicted octanol–water partition coefficient (Wildman–Crippen LogP) is 3.83.